The Morgan fingerprint density at radius 3 is 2.22 bits per heavy atom. The monoisotopic (exact) mass is 327 g/mol. The van der Waals surface area contributed by atoms with Crippen molar-refractivity contribution in [3.8, 4) is 0 Å². The van der Waals surface area contributed by atoms with E-state index in [9.17, 15) is 14.7 Å². The number of carboxylic acids is 1. The Morgan fingerprint density at radius 1 is 1.09 bits per heavy atom. The molecule has 0 aromatic rings. The van der Waals surface area contributed by atoms with Gasteiger partial charge in [-0.3, -0.25) is 9.69 Å². The van der Waals surface area contributed by atoms with Crippen molar-refractivity contribution in [2.24, 2.45) is 5.92 Å². The molecule has 2 saturated heterocycles. The van der Waals surface area contributed by atoms with Crippen molar-refractivity contribution < 1.29 is 19.4 Å². The van der Waals surface area contributed by atoms with E-state index in [1.165, 1.54) is 0 Å². The Bertz CT molecular complexity index is 441. The lowest BCUT2D eigenvalue weighted by molar-refractivity contribution is -0.144. The number of ether oxygens (including phenoxy) is 1. The van der Waals surface area contributed by atoms with Crippen LogP contribution >= 0.6 is 0 Å². The Morgan fingerprint density at radius 2 is 1.70 bits per heavy atom. The average Bonchev–Trinajstić information content (AvgIpc) is 2.45. The number of aliphatic carboxylic acids is 1. The molecule has 0 aromatic heterocycles. The Labute approximate surface area is 138 Å². The van der Waals surface area contributed by atoms with E-state index in [0.29, 0.717) is 13.0 Å². The third kappa shape index (κ3) is 5.07. The van der Waals surface area contributed by atoms with Gasteiger partial charge in [0.15, 0.2) is 0 Å². The van der Waals surface area contributed by atoms with Crippen LogP contribution in [-0.4, -0.2) is 89.8 Å². The summed E-state index contributed by atoms with van der Waals surface area (Å²) >= 11 is 0. The summed E-state index contributed by atoms with van der Waals surface area (Å²) < 4.78 is 5.43. The molecular formula is C16H29N3O4. The van der Waals surface area contributed by atoms with Gasteiger partial charge in [0.1, 0.15) is 5.60 Å². The van der Waals surface area contributed by atoms with Crippen molar-refractivity contribution in [1.29, 1.82) is 0 Å². The molecule has 1 amide bonds. The zero-order chi connectivity index (χ0) is 17.2. The summed E-state index contributed by atoms with van der Waals surface area (Å²) in [6.07, 6.45) is 0.181. The quantitative estimate of drug-likeness (QED) is 0.814. The first-order valence-electron chi connectivity index (χ1n) is 8.29. The van der Waals surface area contributed by atoms with E-state index >= 15 is 0 Å². The van der Waals surface area contributed by atoms with Crippen molar-refractivity contribution in [3.05, 3.63) is 0 Å². The molecular weight excluding hydrogens is 298 g/mol. The number of likely N-dealkylation sites (tertiary alicyclic amines) is 1. The number of carboxylic acid groups (broad SMARTS) is 1. The maximum atomic E-state index is 12.3. The van der Waals surface area contributed by atoms with Crippen molar-refractivity contribution in [2.45, 2.75) is 38.8 Å². The largest absolute Gasteiger partial charge is 0.481 e. The molecule has 0 bridgehead atoms. The average molecular weight is 327 g/mol. The molecule has 7 heteroatoms. The van der Waals surface area contributed by atoms with E-state index in [2.05, 4.69) is 16.8 Å². The first-order valence-corrected chi connectivity index (χ1v) is 8.29. The Kier molecular flexibility index (Phi) is 5.52. The zero-order valence-electron chi connectivity index (χ0n) is 14.6. The summed E-state index contributed by atoms with van der Waals surface area (Å²) in [5, 5.41) is 9.42. The van der Waals surface area contributed by atoms with Crippen molar-refractivity contribution in [2.75, 3.05) is 46.3 Å². The zero-order valence-corrected chi connectivity index (χ0v) is 14.6. The first kappa shape index (κ1) is 18.0. The summed E-state index contributed by atoms with van der Waals surface area (Å²) in [5.41, 5.74) is -0.573. The fourth-order valence-electron chi connectivity index (χ4n) is 3.18. The van der Waals surface area contributed by atoms with Gasteiger partial charge in [-0.25, -0.2) is 4.79 Å². The van der Waals surface area contributed by atoms with Crippen LogP contribution in [0.3, 0.4) is 0 Å². The minimum atomic E-state index is -0.836. The lowest BCUT2D eigenvalue weighted by atomic mass is 9.93. The minimum absolute atomic E-state index is 0.0890. The molecule has 0 unspecified atom stereocenters. The van der Waals surface area contributed by atoms with Gasteiger partial charge in [-0.1, -0.05) is 0 Å². The highest BCUT2D eigenvalue weighted by Crippen LogP contribution is 2.24. The predicted octanol–water partition coefficient (Wildman–Crippen LogP) is 0.944. The molecule has 2 heterocycles. The highest BCUT2D eigenvalue weighted by Gasteiger charge is 2.38. The molecule has 2 atom stereocenters. The molecule has 0 radical (unpaired) electrons. The van der Waals surface area contributed by atoms with Crippen LogP contribution in [0.1, 0.15) is 27.2 Å². The summed E-state index contributed by atoms with van der Waals surface area (Å²) in [6.45, 7) is 10.0. The van der Waals surface area contributed by atoms with E-state index in [1.807, 2.05) is 20.8 Å². The lowest BCUT2D eigenvalue weighted by Crippen LogP contribution is -2.58. The molecule has 0 spiro atoms. The molecule has 2 aliphatic rings. The maximum Gasteiger partial charge on any atom is 0.410 e. The van der Waals surface area contributed by atoms with Crippen LogP contribution in [0.2, 0.25) is 0 Å². The highest BCUT2D eigenvalue weighted by molar-refractivity contribution is 5.73. The third-order valence-electron chi connectivity index (χ3n) is 4.48. The highest BCUT2D eigenvalue weighted by atomic mass is 16.6. The number of likely N-dealkylation sites (N-methyl/N-ethyl adjacent to an activating group) is 1. The normalized spacial score (nSPS) is 27.7. The second kappa shape index (κ2) is 7.05. The fourth-order valence-corrected chi connectivity index (χ4v) is 3.18. The van der Waals surface area contributed by atoms with Gasteiger partial charge in [0, 0.05) is 45.3 Å². The molecule has 2 aliphatic heterocycles. The number of hydrogen-bond acceptors (Lipinski definition) is 5. The van der Waals surface area contributed by atoms with Gasteiger partial charge in [0.05, 0.1) is 5.92 Å². The molecule has 2 fully saturated rings. The Balaban J connectivity index is 2.05. The fraction of sp³-hybridized carbons (Fsp3) is 0.875. The molecule has 1 N–H and O–H groups in total. The predicted molar refractivity (Wildman–Crippen MR) is 86.4 cm³/mol. The SMILES string of the molecule is CN1CCN([C@H]2C[C@H](C(=O)O)CN(C(=O)OC(C)(C)C)C2)CC1. The Hall–Kier alpha value is -1.34. The summed E-state index contributed by atoms with van der Waals surface area (Å²) in [7, 11) is 2.09. The standard InChI is InChI=1S/C16H29N3O4/c1-16(2,3)23-15(22)19-10-12(14(20)21)9-13(11-19)18-7-5-17(4)6-8-18/h12-13H,5-11H2,1-4H3,(H,20,21)/t12-,13-/m0/s1. The lowest BCUT2D eigenvalue weighted by Gasteiger charge is -2.44. The minimum Gasteiger partial charge on any atom is -0.481 e. The first-order chi connectivity index (χ1) is 10.7. The number of rotatable bonds is 2. The molecule has 0 saturated carbocycles. The van der Waals surface area contributed by atoms with Crippen molar-refractivity contribution in [3.63, 3.8) is 0 Å². The molecule has 7 nitrogen and oxygen atoms in total. The van der Waals surface area contributed by atoms with Crippen LogP contribution in [0, 0.1) is 5.92 Å². The van der Waals surface area contributed by atoms with Crippen LogP contribution in [0.25, 0.3) is 0 Å². The molecule has 0 aliphatic carbocycles. The molecule has 2 rings (SSSR count). The van der Waals surface area contributed by atoms with Gasteiger partial charge in [-0.2, -0.15) is 0 Å². The van der Waals surface area contributed by atoms with Crippen LogP contribution in [0.15, 0.2) is 0 Å². The number of carbonyl (C=O) groups excluding carboxylic acids is 1. The van der Waals surface area contributed by atoms with E-state index in [1.54, 1.807) is 4.90 Å². The van der Waals surface area contributed by atoms with Crippen LogP contribution < -0.4 is 0 Å². The third-order valence-corrected chi connectivity index (χ3v) is 4.48. The van der Waals surface area contributed by atoms with E-state index in [4.69, 9.17) is 4.74 Å². The summed E-state index contributed by atoms with van der Waals surface area (Å²) in [4.78, 5) is 30.0. The topological polar surface area (TPSA) is 73.3 Å². The van der Waals surface area contributed by atoms with Gasteiger partial charge in [-0.05, 0) is 34.2 Å². The second-order valence-corrected chi connectivity index (χ2v) is 7.65. The van der Waals surface area contributed by atoms with Gasteiger partial charge in [0.25, 0.3) is 0 Å². The summed E-state index contributed by atoms with van der Waals surface area (Å²) in [6, 6.07) is 0.0890. The number of amides is 1. The summed E-state index contributed by atoms with van der Waals surface area (Å²) in [5.74, 6) is -1.36. The van der Waals surface area contributed by atoms with E-state index in [0.717, 1.165) is 26.2 Å². The van der Waals surface area contributed by atoms with Crippen molar-refractivity contribution in [1.82, 2.24) is 14.7 Å². The van der Waals surface area contributed by atoms with E-state index < -0.39 is 23.6 Å². The van der Waals surface area contributed by atoms with Crippen molar-refractivity contribution >= 4 is 12.1 Å². The number of piperazine rings is 1. The number of carbonyl (C=O) groups is 2. The number of hydrogen-bond donors (Lipinski definition) is 1. The van der Waals surface area contributed by atoms with Crippen LogP contribution in [-0.2, 0) is 9.53 Å². The number of piperidine rings is 1. The number of nitrogens with zero attached hydrogens (tertiary/aromatic N) is 3. The van der Waals surface area contributed by atoms with Crippen LogP contribution in [0.5, 0.6) is 0 Å². The molecule has 132 valence electrons. The maximum absolute atomic E-state index is 12.3. The van der Waals surface area contributed by atoms with Crippen LogP contribution in [0.4, 0.5) is 4.79 Å². The molecule has 0 aromatic carbocycles. The second-order valence-electron chi connectivity index (χ2n) is 7.65. The smallest absolute Gasteiger partial charge is 0.410 e. The van der Waals surface area contributed by atoms with E-state index in [-0.39, 0.29) is 12.6 Å². The van der Waals surface area contributed by atoms with Gasteiger partial charge in [0.2, 0.25) is 0 Å². The van der Waals surface area contributed by atoms with Gasteiger partial charge >= 0.3 is 12.1 Å². The van der Waals surface area contributed by atoms with Gasteiger partial charge in [-0.15, -0.1) is 0 Å². The molecule has 23 heavy (non-hydrogen) atoms. The van der Waals surface area contributed by atoms with Gasteiger partial charge < -0.3 is 19.6 Å².